The van der Waals surface area contributed by atoms with Crippen molar-refractivity contribution in [3.8, 4) is 0 Å². The van der Waals surface area contributed by atoms with Crippen molar-refractivity contribution in [2.75, 3.05) is 0 Å². The number of benzene rings is 1. The number of allylic oxidation sites excluding steroid dienone is 2. The van der Waals surface area contributed by atoms with E-state index in [1.54, 1.807) is 39.0 Å². The van der Waals surface area contributed by atoms with E-state index in [0.717, 1.165) is 0 Å². The van der Waals surface area contributed by atoms with Crippen LogP contribution in [0.4, 0.5) is 0 Å². The molecule has 0 aliphatic heterocycles. The monoisotopic (exact) mass is 391 g/mol. The van der Waals surface area contributed by atoms with Gasteiger partial charge in [-0.3, -0.25) is 13.9 Å². The van der Waals surface area contributed by atoms with Crippen LogP contribution in [0.15, 0.2) is 52.0 Å². The second-order valence-electron chi connectivity index (χ2n) is 8.65. The summed E-state index contributed by atoms with van der Waals surface area (Å²) in [4.78, 5) is 24.8. The number of nitrogens with zero attached hydrogens (tertiary/aromatic N) is 1. The number of carbonyl (C=O) groups excluding carboxylic acids is 2. The van der Waals surface area contributed by atoms with Crippen molar-refractivity contribution in [2.45, 2.75) is 46.4 Å². The average molecular weight is 391 g/mol. The molecule has 1 aromatic carbocycles. The number of hydrogen-bond acceptors (Lipinski definition) is 6. The molecule has 0 amide bonds. The van der Waals surface area contributed by atoms with E-state index >= 15 is 0 Å². The van der Waals surface area contributed by atoms with E-state index in [1.807, 2.05) is 20.8 Å². The van der Waals surface area contributed by atoms with E-state index in [2.05, 4.69) is 5.16 Å². The highest BCUT2D eigenvalue weighted by atomic mass is 32.2. The third-order valence-corrected chi connectivity index (χ3v) is 5.39. The lowest BCUT2D eigenvalue weighted by molar-refractivity contribution is -0.137. The van der Waals surface area contributed by atoms with Gasteiger partial charge < -0.3 is 0 Å². The van der Waals surface area contributed by atoms with Crippen LogP contribution in [-0.4, -0.2) is 25.7 Å². The van der Waals surface area contributed by atoms with Gasteiger partial charge in [-0.25, -0.2) is 0 Å². The Morgan fingerprint density at radius 2 is 1.52 bits per heavy atom. The van der Waals surface area contributed by atoms with E-state index < -0.39 is 38.4 Å². The molecule has 1 aromatic rings. The first-order valence-electron chi connectivity index (χ1n) is 8.62. The molecule has 1 atom stereocenters. The van der Waals surface area contributed by atoms with Crippen LogP contribution < -0.4 is 0 Å². The molecule has 7 heteroatoms. The molecular weight excluding hydrogens is 366 g/mol. The molecule has 27 heavy (non-hydrogen) atoms. The lowest BCUT2D eigenvalue weighted by Crippen LogP contribution is -2.45. The van der Waals surface area contributed by atoms with Crippen molar-refractivity contribution in [2.24, 2.45) is 21.9 Å². The predicted molar refractivity (Wildman–Crippen MR) is 103 cm³/mol. The summed E-state index contributed by atoms with van der Waals surface area (Å²) in [5.41, 5.74) is -0.496. The molecular formula is C20H25NO5S. The summed E-state index contributed by atoms with van der Waals surface area (Å²) in [5.74, 6) is -2.12. The van der Waals surface area contributed by atoms with E-state index in [0.29, 0.717) is 5.57 Å². The Balaban J connectivity index is 2.59. The molecule has 0 saturated carbocycles. The van der Waals surface area contributed by atoms with Crippen LogP contribution in [0.2, 0.25) is 0 Å². The Bertz CT molecular complexity index is 913. The normalized spacial score (nSPS) is 20.6. The van der Waals surface area contributed by atoms with Crippen LogP contribution >= 0.6 is 0 Å². The largest absolute Gasteiger partial charge is 0.358 e. The summed E-state index contributed by atoms with van der Waals surface area (Å²) in [5, 5.41) is 3.90. The number of oxime groups is 1. The molecule has 1 unspecified atom stereocenters. The average Bonchev–Trinajstić information content (AvgIpc) is 2.54. The number of ketones is 2. The topological polar surface area (TPSA) is 89.9 Å². The number of carbonyl (C=O) groups is 2. The lowest BCUT2D eigenvalue weighted by Gasteiger charge is -2.36. The lowest BCUT2D eigenvalue weighted by atomic mass is 9.66. The zero-order valence-electron chi connectivity index (χ0n) is 16.4. The Hall–Kier alpha value is -2.28. The van der Waals surface area contributed by atoms with Crippen LogP contribution in [-0.2, 0) is 24.0 Å². The molecule has 0 saturated heterocycles. The van der Waals surface area contributed by atoms with Crippen LogP contribution in [0.25, 0.3) is 0 Å². The molecule has 146 valence electrons. The first-order chi connectivity index (χ1) is 12.2. The summed E-state index contributed by atoms with van der Waals surface area (Å²) < 4.78 is 29.8. The predicted octanol–water partition coefficient (Wildman–Crippen LogP) is 3.53. The molecule has 0 bridgehead atoms. The maximum Gasteiger partial charge on any atom is 0.358 e. The molecule has 0 heterocycles. The SMILES string of the molecule is CC(C)(C)C1=CC(=O)C(=O)C(C(C)(C)C)C1=NOS(=O)(=O)c1ccccc1. The van der Waals surface area contributed by atoms with Gasteiger partial charge in [0.2, 0.25) is 11.6 Å². The van der Waals surface area contributed by atoms with Gasteiger partial charge in [0, 0.05) is 0 Å². The minimum absolute atomic E-state index is 0.0406. The number of Topliss-reactive ketones (excluding diaryl/α,β-unsaturated/α-hetero) is 1. The molecule has 0 radical (unpaired) electrons. The number of hydrogen-bond donors (Lipinski definition) is 0. The third kappa shape index (κ3) is 4.53. The van der Waals surface area contributed by atoms with E-state index in [-0.39, 0.29) is 10.6 Å². The van der Waals surface area contributed by atoms with Crippen molar-refractivity contribution in [3.63, 3.8) is 0 Å². The van der Waals surface area contributed by atoms with Crippen LogP contribution in [0.5, 0.6) is 0 Å². The van der Waals surface area contributed by atoms with E-state index in [9.17, 15) is 18.0 Å². The first kappa shape index (κ1) is 21.0. The standard InChI is InChI=1S/C20H25NO5S/c1-19(2,3)14-12-15(22)18(23)16(20(4,5)6)17(14)21-26-27(24,25)13-10-8-7-9-11-13/h7-12,16H,1-6H3. The maximum absolute atomic E-state index is 12.6. The highest BCUT2D eigenvalue weighted by Gasteiger charge is 2.45. The minimum Gasteiger partial charge on any atom is -0.290 e. The Kier molecular flexibility index (Phi) is 5.48. The molecule has 0 fully saturated rings. The number of rotatable bonds is 3. The summed E-state index contributed by atoms with van der Waals surface area (Å²) in [6.07, 6.45) is 1.24. The molecule has 0 N–H and O–H groups in total. The van der Waals surface area contributed by atoms with Crippen LogP contribution in [0, 0.1) is 16.7 Å². The Morgan fingerprint density at radius 1 is 0.963 bits per heavy atom. The zero-order chi connectivity index (χ0) is 20.6. The fourth-order valence-electron chi connectivity index (χ4n) is 2.92. The second kappa shape index (κ2) is 7.03. The smallest absolute Gasteiger partial charge is 0.290 e. The van der Waals surface area contributed by atoms with E-state index in [4.69, 9.17) is 4.28 Å². The van der Waals surface area contributed by atoms with Crippen LogP contribution in [0.3, 0.4) is 0 Å². The zero-order valence-corrected chi connectivity index (χ0v) is 17.3. The molecule has 1 aliphatic carbocycles. The van der Waals surface area contributed by atoms with Gasteiger partial charge in [0.05, 0.1) is 11.6 Å². The van der Waals surface area contributed by atoms with Crippen molar-refractivity contribution in [1.82, 2.24) is 0 Å². The van der Waals surface area contributed by atoms with Crippen molar-refractivity contribution >= 4 is 27.4 Å². The molecule has 2 rings (SSSR count). The van der Waals surface area contributed by atoms with Gasteiger partial charge >= 0.3 is 10.1 Å². The highest BCUT2D eigenvalue weighted by Crippen LogP contribution is 2.39. The van der Waals surface area contributed by atoms with Crippen molar-refractivity contribution in [3.05, 3.63) is 42.0 Å². The Morgan fingerprint density at radius 3 is 2.00 bits per heavy atom. The molecule has 0 spiro atoms. The highest BCUT2D eigenvalue weighted by molar-refractivity contribution is 7.86. The van der Waals surface area contributed by atoms with Gasteiger partial charge in [-0.1, -0.05) is 64.9 Å². The van der Waals surface area contributed by atoms with Gasteiger partial charge in [-0.05, 0) is 34.6 Å². The van der Waals surface area contributed by atoms with Crippen molar-refractivity contribution < 1.29 is 22.3 Å². The van der Waals surface area contributed by atoms with E-state index in [1.165, 1.54) is 18.2 Å². The molecule has 1 aliphatic rings. The Labute approximate surface area is 160 Å². The molecule has 0 aromatic heterocycles. The summed E-state index contributed by atoms with van der Waals surface area (Å²) in [6, 6.07) is 7.63. The minimum atomic E-state index is -4.14. The van der Waals surface area contributed by atoms with Crippen LogP contribution in [0.1, 0.15) is 41.5 Å². The summed E-state index contributed by atoms with van der Waals surface area (Å²) in [6.45, 7) is 11.0. The summed E-state index contributed by atoms with van der Waals surface area (Å²) in [7, 11) is -4.14. The van der Waals surface area contributed by atoms with Gasteiger partial charge in [0.15, 0.2) is 0 Å². The fraction of sp³-hybridized carbons (Fsp3) is 0.450. The quantitative estimate of drug-likeness (QED) is 0.581. The summed E-state index contributed by atoms with van der Waals surface area (Å²) >= 11 is 0. The second-order valence-corrected chi connectivity index (χ2v) is 10.2. The van der Waals surface area contributed by atoms with Crippen molar-refractivity contribution in [1.29, 1.82) is 0 Å². The van der Waals surface area contributed by atoms with Gasteiger partial charge in [-0.2, -0.15) is 8.42 Å². The molecule has 6 nitrogen and oxygen atoms in total. The first-order valence-corrected chi connectivity index (χ1v) is 10.0. The van der Waals surface area contributed by atoms with Gasteiger partial charge in [0.25, 0.3) is 0 Å². The van der Waals surface area contributed by atoms with Gasteiger partial charge in [0.1, 0.15) is 4.90 Å². The third-order valence-electron chi connectivity index (χ3n) is 4.27. The maximum atomic E-state index is 12.6. The van der Waals surface area contributed by atoms with Gasteiger partial charge in [-0.15, -0.1) is 0 Å². The fourth-order valence-corrected chi connectivity index (χ4v) is 3.68.